The van der Waals surface area contributed by atoms with E-state index in [0.717, 1.165) is 40.8 Å². The lowest BCUT2D eigenvalue weighted by Crippen LogP contribution is -2.15. The van der Waals surface area contributed by atoms with Crippen molar-refractivity contribution in [1.29, 1.82) is 0 Å². The van der Waals surface area contributed by atoms with Crippen LogP contribution in [0.5, 0.6) is 0 Å². The van der Waals surface area contributed by atoms with Gasteiger partial charge in [0.25, 0.3) is 0 Å². The number of ether oxygens (including phenoxy) is 1. The third-order valence-corrected chi connectivity index (χ3v) is 8.44. The van der Waals surface area contributed by atoms with Crippen molar-refractivity contribution in [3.8, 4) is 5.00 Å². The van der Waals surface area contributed by atoms with Crippen molar-refractivity contribution in [3.05, 3.63) is 92.9 Å². The number of aryl methyl sites for hydroxylation is 2. The fraction of sp³-hybridized carbons (Fsp3) is 0.310. The highest BCUT2D eigenvalue weighted by Crippen LogP contribution is 2.40. The Hall–Kier alpha value is -3.78. The van der Waals surface area contributed by atoms with Gasteiger partial charge in [-0.25, -0.2) is 0 Å². The van der Waals surface area contributed by atoms with Gasteiger partial charge in [-0.05, 0) is 56.5 Å². The maximum absolute atomic E-state index is 12.5. The van der Waals surface area contributed by atoms with Gasteiger partial charge in [0.1, 0.15) is 16.9 Å². The third kappa shape index (κ3) is 4.05. The summed E-state index contributed by atoms with van der Waals surface area (Å²) >= 11 is 1.72. The average molecular weight is 512 g/mol. The molecule has 0 aliphatic carbocycles. The normalized spacial score (nSPS) is 16.1. The number of benzene rings is 2. The van der Waals surface area contributed by atoms with E-state index >= 15 is 0 Å². The summed E-state index contributed by atoms with van der Waals surface area (Å²) in [6, 6.07) is 16.8. The number of thiophene rings is 1. The summed E-state index contributed by atoms with van der Waals surface area (Å²) in [6.07, 6.45) is 0.118. The minimum absolute atomic E-state index is 0.118. The number of hydrogen-bond acceptors (Lipinski definition) is 7. The number of carbonyl (C=O) groups excluding carboxylic acids is 1. The Balaban J connectivity index is 1.42. The molecular formula is C29H29N5O2S. The summed E-state index contributed by atoms with van der Waals surface area (Å²) in [7, 11) is 0. The highest BCUT2D eigenvalue weighted by atomic mass is 32.1. The van der Waals surface area contributed by atoms with Gasteiger partial charge >= 0.3 is 5.97 Å². The second kappa shape index (κ2) is 9.27. The van der Waals surface area contributed by atoms with E-state index in [4.69, 9.17) is 9.73 Å². The number of hydrogen-bond donors (Lipinski definition) is 0. The number of aromatic nitrogens is 3. The van der Waals surface area contributed by atoms with Crippen LogP contribution in [0, 0.1) is 20.8 Å². The maximum Gasteiger partial charge on any atom is 0.308 e. The Bertz CT molecular complexity index is 1510. The van der Waals surface area contributed by atoms with Crippen molar-refractivity contribution in [2.45, 2.75) is 53.2 Å². The van der Waals surface area contributed by atoms with Gasteiger partial charge in [-0.15, -0.1) is 21.5 Å². The molecular weight excluding hydrogens is 482 g/mol. The van der Waals surface area contributed by atoms with E-state index in [-0.39, 0.29) is 12.4 Å². The summed E-state index contributed by atoms with van der Waals surface area (Å²) in [6.45, 7) is 10.2. The molecule has 0 saturated heterocycles. The van der Waals surface area contributed by atoms with Crippen LogP contribution in [0.15, 0.2) is 53.5 Å². The van der Waals surface area contributed by atoms with E-state index in [0.29, 0.717) is 12.4 Å². The first-order valence-electron chi connectivity index (χ1n) is 12.6. The van der Waals surface area contributed by atoms with Crippen LogP contribution in [0.4, 0.5) is 5.69 Å². The maximum atomic E-state index is 12.5. The van der Waals surface area contributed by atoms with Crippen molar-refractivity contribution in [2.24, 2.45) is 4.99 Å². The zero-order valence-corrected chi connectivity index (χ0v) is 22.3. The first-order valence-corrected chi connectivity index (χ1v) is 13.4. The highest BCUT2D eigenvalue weighted by Gasteiger charge is 2.32. The lowest BCUT2D eigenvalue weighted by atomic mass is 9.99. The molecule has 188 valence electrons. The molecule has 8 heteroatoms. The van der Waals surface area contributed by atoms with Crippen LogP contribution in [0.3, 0.4) is 0 Å². The van der Waals surface area contributed by atoms with Crippen LogP contribution in [0.2, 0.25) is 0 Å². The fourth-order valence-electron chi connectivity index (χ4n) is 5.25. The molecule has 7 nitrogen and oxygen atoms in total. The molecule has 6 rings (SSSR count). The van der Waals surface area contributed by atoms with Gasteiger partial charge in [-0.1, -0.05) is 36.4 Å². The quantitative estimate of drug-likeness (QED) is 0.325. The molecule has 4 heterocycles. The number of fused-ring (bicyclic) bond motifs is 4. The molecule has 37 heavy (non-hydrogen) atoms. The predicted octanol–water partition coefficient (Wildman–Crippen LogP) is 5.62. The van der Waals surface area contributed by atoms with Crippen LogP contribution in [0.25, 0.3) is 5.00 Å². The van der Waals surface area contributed by atoms with E-state index in [2.05, 4.69) is 82.0 Å². The highest BCUT2D eigenvalue weighted by molar-refractivity contribution is 7.15. The smallest absolute Gasteiger partial charge is 0.308 e. The molecule has 2 aromatic heterocycles. The number of anilines is 1. The van der Waals surface area contributed by atoms with Gasteiger partial charge in [-0.2, -0.15) is 0 Å². The topological polar surface area (TPSA) is 72.6 Å². The summed E-state index contributed by atoms with van der Waals surface area (Å²) in [5, 5.41) is 9.86. The Morgan fingerprint density at radius 3 is 2.41 bits per heavy atom. The fourth-order valence-corrected chi connectivity index (χ4v) is 6.46. The Labute approximate surface area is 220 Å². The molecule has 2 aliphatic heterocycles. The largest absolute Gasteiger partial charge is 0.466 e. The van der Waals surface area contributed by atoms with E-state index in [9.17, 15) is 4.79 Å². The minimum atomic E-state index is -0.484. The van der Waals surface area contributed by atoms with Crippen LogP contribution in [0.1, 0.15) is 63.7 Å². The van der Waals surface area contributed by atoms with Crippen LogP contribution in [-0.4, -0.2) is 33.1 Å². The molecule has 0 radical (unpaired) electrons. The number of rotatable bonds is 5. The summed E-state index contributed by atoms with van der Waals surface area (Å²) in [4.78, 5) is 21.4. The van der Waals surface area contributed by atoms with Crippen LogP contribution < -0.4 is 4.90 Å². The Morgan fingerprint density at radius 1 is 1.03 bits per heavy atom. The van der Waals surface area contributed by atoms with Crippen molar-refractivity contribution in [2.75, 3.05) is 11.5 Å². The minimum Gasteiger partial charge on any atom is -0.466 e. The molecule has 0 N–H and O–H groups in total. The van der Waals surface area contributed by atoms with Crippen molar-refractivity contribution in [3.63, 3.8) is 0 Å². The van der Waals surface area contributed by atoms with Gasteiger partial charge in [-0.3, -0.25) is 14.4 Å². The van der Waals surface area contributed by atoms with Crippen molar-refractivity contribution < 1.29 is 9.53 Å². The summed E-state index contributed by atoms with van der Waals surface area (Å²) < 4.78 is 7.35. The Kier molecular flexibility index (Phi) is 5.91. The van der Waals surface area contributed by atoms with Crippen LogP contribution >= 0.6 is 11.3 Å². The van der Waals surface area contributed by atoms with E-state index in [1.165, 1.54) is 27.3 Å². The summed E-state index contributed by atoms with van der Waals surface area (Å²) in [5.74, 6) is 1.17. The average Bonchev–Trinajstić information content (AvgIpc) is 3.55. The molecule has 4 aromatic rings. The second-order valence-electron chi connectivity index (χ2n) is 9.58. The summed E-state index contributed by atoms with van der Waals surface area (Å²) in [5.41, 5.74) is 8.12. The number of esters is 1. The van der Waals surface area contributed by atoms with E-state index in [1.807, 2.05) is 13.8 Å². The molecule has 0 unspecified atom stereocenters. The molecule has 2 aromatic carbocycles. The molecule has 2 aliphatic rings. The first kappa shape index (κ1) is 23.6. The second-order valence-corrected chi connectivity index (χ2v) is 10.8. The SMILES string of the molecule is CCOC(=O)C[C@@H]1N=C(c2ccc(N3Cc4ccccc4C3)cc2)c2c(sc(C)c2C)-n2c(C)nnc21. The molecule has 0 saturated carbocycles. The number of nitrogens with zero attached hydrogens (tertiary/aromatic N) is 5. The molecule has 0 amide bonds. The third-order valence-electron chi connectivity index (χ3n) is 7.25. The van der Waals surface area contributed by atoms with Crippen molar-refractivity contribution >= 4 is 28.7 Å². The lowest BCUT2D eigenvalue weighted by molar-refractivity contribution is -0.143. The number of aliphatic imine (C=N–C) groups is 1. The first-order chi connectivity index (χ1) is 17.9. The van der Waals surface area contributed by atoms with E-state index in [1.54, 1.807) is 11.3 Å². The molecule has 0 fully saturated rings. The molecule has 0 bridgehead atoms. The van der Waals surface area contributed by atoms with Crippen LogP contribution in [-0.2, 0) is 22.6 Å². The number of carbonyl (C=O) groups is 1. The zero-order chi connectivity index (χ0) is 25.7. The predicted molar refractivity (Wildman–Crippen MR) is 146 cm³/mol. The Morgan fingerprint density at radius 2 is 1.73 bits per heavy atom. The van der Waals surface area contributed by atoms with Gasteiger partial charge in [0.2, 0.25) is 0 Å². The lowest BCUT2D eigenvalue weighted by Gasteiger charge is -2.18. The van der Waals surface area contributed by atoms with Crippen molar-refractivity contribution in [1.82, 2.24) is 14.8 Å². The van der Waals surface area contributed by atoms with Gasteiger partial charge in [0, 0.05) is 34.8 Å². The van der Waals surface area contributed by atoms with E-state index < -0.39 is 6.04 Å². The van der Waals surface area contributed by atoms with Gasteiger partial charge < -0.3 is 9.64 Å². The van der Waals surface area contributed by atoms with Gasteiger partial charge in [0.05, 0.1) is 18.7 Å². The molecule has 0 spiro atoms. The van der Waals surface area contributed by atoms with Gasteiger partial charge in [0.15, 0.2) is 5.82 Å². The zero-order valence-electron chi connectivity index (χ0n) is 21.5. The standard InChI is InChI=1S/C29H29N5O2S/c1-5-36-25(35)14-24-28-32-31-19(4)34(28)29-26(17(2)18(3)37-29)27(30-24)20-10-12-23(13-11-20)33-15-21-8-6-7-9-22(21)16-33/h6-13,24H,5,14-16H2,1-4H3/t24-/m0/s1. The monoisotopic (exact) mass is 511 g/mol. The molecule has 1 atom stereocenters.